The molecule has 0 saturated heterocycles. The molecule has 42 heavy (non-hydrogen) atoms. The molecule has 0 aliphatic rings. The highest BCUT2D eigenvalue weighted by atomic mass is 32.1. The fourth-order valence-corrected chi connectivity index (χ4v) is 4.96. The first-order chi connectivity index (χ1) is 19.8. The first-order valence-electron chi connectivity index (χ1n) is 13.8. The van der Waals surface area contributed by atoms with E-state index in [0.717, 1.165) is 24.0 Å². The van der Waals surface area contributed by atoms with Crippen LogP contribution in [0.3, 0.4) is 0 Å². The van der Waals surface area contributed by atoms with Crippen molar-refractivity contribution in [3.8, 4) is 0 Å². The zero-order valence-electron chi connectivity index (χ0n) is 24.7. The van der Waals surface area contributed by atoms with Crippen LogP contribution < -0.4 is 22.1 Å². The molecule has 226 valence electrons. The van der Waals surface area contributed by atoms with Crippen molar-refractivity contribution < 1.29 is 19.1 Å². The number of hydrogen-bond donors (Lipinski definition) is 5. The number of ether oxygens (including phenoxy) is 1. The van der Waals surface area contributed by atoms with Crippen molar-refractivity contribution in [2.75, 3.05) is 18.4 Å². The summed E-state index contributed by atoms with van der Waals surface area (Å²) in [6.45, 7) is 7.76. The van der Waals surface area contributed by atoms with E-state index in [1.807, 2.05) is 38.1 Å². The van der Waals surface area contributed by atoms with Crippen LogP contribution in [0.1, 0.15) is 75.7 Å². The van der Waals surface area contributed by atoms with Gasteiger partial charge in [0.25, 0.3) is 11.8 Å². The molecule has 0 aliphatic heterocycles. The zero-order valence-corrected chi connectivity index (χ0v) is 25.5. The number of anilines is 1. The van der Waals surface area contributed by atoms with Crippen LogP contribution in [0.15, 0.2) is 41.8 Å². The second-order valence-corrected chi connectivity index (χ2v) is 10.5. The molecule has 3 rings (SSSR count). The van der Waals surface area contributed by atoms with E-state index in [4.69, 9.17) is 10.1 Å². The largest absolute Gasteiger partial charge is 0.461 e. The molecule has 0 saturated carbocycles. The Bertz CT molecular complexity index is 1320. The Morgan fingerprint density at radius 3 is 2.33 bits per heavy atom. The number of benzene rings is 1. The maximum Gasteiger partial charge on any atom is 0.330 e. The number of esters is 1. The highest BCUT2D eigenvalue weighted by Crippen LogP contribution is 2.15. The van der Waals surface area contributed by atoms with Gasteiger partial charge >= 0.3 is 5.97 Å². The summed E-state index contributed by atoms with van der Waals surface area (Å²) in [5.74, 6) is -1.06. The molecule has 1 aromatic carbocycles. The molecular weight excluding hydrogens is 554 g/mol. The summed E-state index contributed by atoms with van der Waals surface area (Å²) < 4.78 is 5.60. The van der Waals surface area contributed by atoms with Gasteiger partial charge in [0.2, 0.25) is 5.95 Å². The van der Waals surface area contributed by atoms with E-state index < -0.39 is 17.9 Å². The lowest BCUT2D eigenvalue weighted by Crippen LogP contribution is -2.50. The molecule has 12 heteroatoms. The Balaban J connectivity index is 0.00000616. The molecule has 2 aromatic heterocycles. The minimum Gasteiger partial charge on any atom is -0.461 e. The molecule has 0 fully saturated rings. The van der Waals surface area contributed by atoms with Crippen LogP contribution in [0.25, 0.3) is 0 Å². The summed E-state index contributed by atoms with van der Waals surface area (Å²) >= 11 is 1.29. The third-order valence-corrected chi connectivity index (χ3v) is 7.48. The van der Waals surface area contributed by atoms with E-state index in [0.29, 0.717) is 41.6 Å². The quantitative estimate of drug-likeness (QED) is 0.0958. The van der Waals surface area contributed by atoms with Gasteiger partial charge in [-0.25, -0.2) is 14.8 Å². The van der Waals surface area contributed by atoms with Gasteiger partial charge < -0.3 is 32.2 Å². The third kappa shape index (κ3) is 9.45. The van der Waals surface area contributed by atoms with Gasteiger partial charge in [-0.2, -0.15) is 0 Å². The summed E-state index contributed by atoms with van der Waals surface area (Å²) in [6.07, 6.45) is 3.96. The molecule has 0 aliphatic carbocycles. The van der Waals surface area contributed by atoms with Gasteiger partial charge in [0.05, 0.1) is 21.8 Å². The lowest BCUT2D eigenvalue weighted by atomic mass is 10.0. The van der Waals surface area contributed by atoms with Crippen molar-refractivity contribution in [1.82, 2.24) is 26.8 Å². The maximum absolute atomic E-state index is 13.3. The number of aryl methyl sites for hydroxylation is 3. The lowest BCUT2D eigenvalue weighted by molar-refractivity contribution is -0.151. The van der Waals surface area contributed by atoms with Gasteiger partial charge in [0, 0.05) is 19.3 Å². The van der Waals surface area contributed by atoms with Gasteiger partial charge in [-0.15, -0.1) is 11.3 Å². The molecular formula is C30H41N7O4S. The lowest BCUT2D eigenvalue weighted by Gasteiger charge is -2.22. The van der Waals surface area contributed by atoms with E-state index in [1.54, 1.807) is 31.4 Å². The molecule has 3 aromatic rings. The van der Waals surface area contributed by atoms with Crippen molar-refractivity contribution >= 4 is 41.3 Å². The van der Waals surface area contributed by atoms with Crippen LogP contribution in [-0.4, -0.2) is 59.2 Å². The Labute approximate surface area is 251 Å². The summed E-state index contributed by atoms with van der Waals surface area (Å²) in [7, 11) is 0. The van der Waals surface area contributed by atoms with Crippen LogP contribution in [0.2, 0.25) is 0 Å². The molecule has 0 unspecified atom stereocenters. The van der Waals surface area contributed by atoms with Crippen molar-refractivity contribution in [3.05, 3.63) is 74.7 Å². The number of nitrogens with zero attached hydrogens (tertiary/aromatic N) is 2. The van der Waals surface area contributed by atoms with Crippen LogP contribution >= 0.6 is 11.3 Å². The highest BCUT2D eigenvalue weighted by molar-refractivity contribution is 7.12. The van der Waals surface area contributed by atoms with Crippen molar-refractivity contribution in [2.24, 2.45) is 0 Å². The van der Waals surface area contributed by atoms with E-state index in [2.05, 4.69) is 25.9 Å². The topological polar surface area (TPSA) is 181 Å². The minimum absolute atomic E-state index is 0. The zero-order chi connectivity index (χ0) is 29.8. The Morgan fingerprint density at radius 2 is 1.71 bits per heavy atom. The van der Waals surface area contributed by atoms with Gasteiger partial charge in [-0.1, -0.05) is 44.2 Å². The van der Waals surface area contributed by atoms with Gasteiger partial charge in [0.15, 0.2) is 0 Å². The summed E-state index contributed by atoms with van der Waals surface area (Å²) in [5.41, 5.74) is 3.19. The minimum atomic E-state index is -1.09. The normalized spacial score (nSPS) is 11.3. The molecule has 2 amide bonds. The predicted octanol–water partition coefficient (Wildman–Crippen LogP) is 4.62. The molecule has 0 spiro atoms. The van der Waals surface area contributed by atoms with Crippen molar-refractivity contribution in [3.63, 3.8) is 0 Å². The monoisotopic (exact) mass is 595 g/mol. The molecule has 1 atom stereocenters. The van der Waals surface area contributed by atoms with Crippen molar-refractivity contribution in [1.29, 1.82) is 5.41 Å². The average molecular weight is 596 g/mol. The SMILES string of the molecule is CCC(CC)OC(=O)[C@H](CNC(=O)c1cccs1)NC(=O)c1c(C)nc(NCCCc2ccccc2C=N)nc1C.N. The second kappa shape index (κ2) is 16.9. The van der Waals surface area contributed by atoms with Gasteiger partial charge in [-0.3, -0.25) is 9.59 Å². The fourth-order valence-electron chi connectivity index (χ4n) is 4.32. The first-order valence-corrected chi connectivity index (χ1v) is 14.7. The molecule has 7 N–H and O–H groups in total. The van der Waals surface area contributed by atoms with E-state index in [1.165, 1.54) is 17.6 Å². The number of nitrogens with one attached hydrogen (secondary N) is 4. The average Bonchev–Trinajstić information content (AvgIpc) is 3.51. The van der Waals surface area contributed by atoms with Crippen LogP contribution in [-0.2, 0) is 16.0 Å². The van der Waals surface area contributed by atoms with Gasteiger partial charge in [-0.05, 0) is 62.1 Å². The summed E-state index contributed by atoms with van der Waals surface area (Å²) in [5, 5.41) is 18.0. The number of aromatic nitrogens is 2. The maximum atomic E-state index is 13.3. The molecule has 2 heterocycles. The number of thiophene rings is 1. The van der Waals surface area contributed by atoms with Crippen molar-refractivity contribution in [2.45, 2.75) is 65.5 Å². The number of carbonyl (C=O) groups is 3. The fraction of sp³-hybridized carbons (Fsp3) is 0.400. The summed E-state index contributed by atoms with van der Waals surface area (Å²) in [4.78, 5) is 48.3. The second-order valence-electron chi connectivity index (χ2n) is 9.56. The number of rotatable bonds is 15. The number of carbonyl (C=O) groups excluding carboxylic acids is 3. The Hall–Kier alpha value is -4.16. The predicted molar refractivity (Wildman–Crippen MR) is 166 cm³/mol. The summed E-state index contributed by atoms with van der Waals surface area (Å²) in [6, 6.07) is 10.2. The number of amides is 2. The Morgan fingerprint density at radius 1 is 1.02 bits per heavy atom. The smallest absolute Gasteiger partial charge is 0.330 e. The molecule has 0 radical (unpaired) electrons. The van der Waals surface area contributed by atoms with Crippen LogP contribution in [0.5, 0.6) is 0 Å². The first kappa shape index (κ1) is 34.0. The van der Waals surface area contributed by atoms with E-state index in [9.17, 15) is 14.4 Å². The van der Waals surface area contributed by atoms with E-state index in [-0.39, 0.29) is 30.3 Å². The van der Waals surface area contributed by atoms with E-state index >= 15 is 0 Å². The number of hydrogen-bond acceptors (Lipinski definition) is 10. The third-order valence-electron chi connectivity index (χ3n) is 6.61. The Kier molecular flexibility index (Phi) is 13.7. The molecule has 11 nitrogen and oxygen atoms in total. The standard InChI is InChI=1S/C30H38N6O4S.H3N/c1-5-23(6-2)40-29(39)24(18-33-27(37)25-14-10-16-41-25)36-28(38)26-19(3)34-30(35-20(26)4)32-15-9-13-21-11-7-8-12-22(21)17-31;/h7-8,10-12,14,16-17,23-24,31H,5-6,9,13,15,18H2,1-4H3,(H,33,37)(H,36,38)(H,32,34,35);1H3/t24-;/m0./s1. The van der Waals surface area contributed by atoms with Crippen LogP contribution in [0.4, 0.5) is 5.95 Å². The van der Waals surface area contributed by atoms with Gasteiger partial charge in [0.1, 0.15) is 12.1 Å². The highest BCUT2D eigenvalue weighted by Gasteiger charge is 2.28. The van der Waals surface area contributed by atoms with Crippen LogP contribution in [0, 0.1) is 19.3 Å². The molecule has 0 bridgehead atoms.